The van der Waals surface area contributed by atoms with Gasteiger partial charge in [0, 0.05) is 0 Å². The average Bonchev–Trinajstić information content (AvgIpc) is 3.00. The van der Waals surface area contributed by atoms with E-state index in [0.717, 1.165) is 11.1 Å². The van der Waals surface area contributed by atoms with Gasteiger partial charge in [0.25, 0.3) is 11.8 Å². The molecule has 134 valence electrons. The molecule has 0 saturated carbocycles. The first-order valence-corrected chi connectivity index (χ1v) is 9.32. The summed E-state index contributed by atoms with van der Waals surface area (Å²) in [6.07, 6.45) is 3.85. The Morgan fingerprint density at radius 1 is 1.23 bits per heavy atom. The summed E-state index contributed by atoms with van der Waals surface area (Å²) in [7, 11) is 0. The van der Waals surface area contributed by atoms with Gasteiger partial charge in [0.05, 0.1) is 5.75 Å². The second kappa shape index (κ2) is 8.58. The number of carbonyl (C=O) groups is 2. The number of hydrogen-bond donors (Lipinski definition) is 1. The van der Waals surface area contributed by atoms with Gasteiger partial charge in [-0.25, -0.2) is 5.01 Å². The molecule has 1 aliphatic rings. The molecule has 1 fully saturated rings. The summed E-state index contributed by atoms with van der Waals surface area (Å²) in [5.74, 6) is 0.470. The van der Waals surface area contributed by atoms with E-state index in [1.165, 1.54) is 16.8 Å². The van der Waals surface area contributed by atoms with Crippen molar-refractivity contribution in [3.63, 3.8) is 0 Å². The highest BCUT2D eigenvalue weighted by Gasteiger charge is 2.31. The van der Waals surface area contributed by atoms with Gasteiger partial charge in [-0.1, -0.05) is 54.1 Å². The highest BCUT2D eigenvalue weighted by molar-refractivity contribution is 8.01. The van der Waals surface area contributed by atoms with Gasteiger partial charge in [-0.15, -0.1) is 11.8 Å². The molecule has 1 unspecified atom stereocenters. The lowest BCUT2D eigenvalue weighted by molar-refractivity contribution is -0.139. The van der Waals surface area contributed by atoms with Gasteiger partial charge in [0.2, 0.25) is 0 Å². The van der Waals surface area contributed by atoms with Gasteiger partial charge in [-0.3, -0.25) is 15.0 Å². The molecule has 1 saturated heterocycles. The van der Waals surface area contributed by atoms with Crippen molar-refractivity contribution >= 4 is 29.7 Å². The molecular formula is C20H20N2O3S. The number of thioether (sulfide) groups is 1. The van der Waals surface area contributed by atoms with Gasteiger partial charge < -0.3 is 4.74 Å². The van der Waals surface area contributed by atoms with Crippen LogP contribution < -0.4 is 10.2 Å². The average molecular weight is 368 g/mol. The minimum Gasteiger partial charge on any atom is -0.484 e. The molecule has 0 radical (unpaired) electrons. The Morgan fingerprint density at radius 3 is 2.69 bits per heavy atom. The molecule has 0 aromatic heterocycles. The zero-order valence-corrected chi connectivity index (χ0v) is 15.2. The quantitative estimate of drug-likeness (QED) is 0.852. The molecular weight excluding hydrogens is 348 g/mol. The van der Waals surface area contributed by atoms with Crippen molar-refractivity contribution in [2.24, 2.45) is 0 Å². The minimum atomic E-state index is -0.362. The van der Waals surface area contributed by atoms with E-state index in [9.17, 15) is 9.59 Å². The zero-order chi connectivity index (χ0) is 18.4. The number of ether oxygens (including phenoxy) is 1. The third-order valence-corrected chi connectivity index (χ3v) is 4.91. The molecule has 2 aromatic carbocycles. The number of nitrogens with one attached hydrogen (secondary N) is 1. The van der Waals surface area contributed by atoms with E-state index in [1.54, 1.807) is 0 Å². The molecule has 5 nitrogen and oxygen atoms in total. The van der Waals surface area contributed by atoms with Crippen molar-refractivity contribution in [3.05, 3.63) is 71.8 Å². The first-order chi connectivity index (χ1) is 12.6. The molecule has 1 atom stereocenters. The van der Waals surface area contributed by atoms with Crippen LogP contribution in [0, 0.1) is 6.92 Å². The van der Waals surface area contributed by atoms with Gasteiger partial charge in [0.1, 0.15) is 11.1 Å². The van der Waals surface area contributed by atoms with E-state index in [4.69, 9.17) is 4.74 Å². The smallest absolute Gasteiger partial charge is 0.276 e. The number of rotatable bonds is 6. The Bertz CT molecular complexity index is 790. The van der Waals surface area contributed by atoms with Crippen LogP contribution in [0.25, 0.3) is 6.08 Å². The number of aryl methyl sites for hydroxylation is 1. The normalized spacial score (nSPS) is 16.9. The number of benzene rings is 2. The Hall–Kier alpha value is -2.73. The first kappa shape index (κ1) is 18.1. The van der Waals surface area contributed by atoms with Crippen molar-refractivity contribution in [2.45, 2.75) is 12.3 Å². The number of amides is 2. The molecule has 0 spiro atoms. The summed E-state index contributed by atoms with van der Waals surface area (Å²) >= 11 is 1.47. The lowest BCUT2D eigenvalue weighted by atomic mass is 10.2. The van der Waals surface area contributed by atoms with Crippen molar-refractivity contribution in [1.29, 1.82) is 0 Å². The molecule has 3 rings (SSSR count). The fraction of sp³-hybridized carbons (Fsp3) is 0.200. The summed E-state index contributed by atoms with van der Waals surface area (Å²) in [5, 5.41) is 1.14. The minimum absolute atomic E-state index is 0.124. The Balaban J connectivity index is 1.55. The predicted octanol–water partition coefficient (Wildman–Crippen LogP) is 3.02. The van der Waals surface area contributed by atoms with Crippen molar-refractivity contribution in [3.8, 4) is 5.75 Å². The number of hydrazine groups is 1. The zero-order valence-electron chi connectivity index (χ0n) is 14.4. The van der Waals surface area contributed by atoms with Gasteiger partial charge in [-0.05, 0) is 30.7 Å². The van der Waals surface area contributed by atoms with E-state index in [1.807, 2.05) is 73.7 Å². The molecule has 1 heterocycles. The largest absolute Gasteiger partial charge is 0.484 e. The van der Waals surface area contributed by atoms with Crippen LogP contribution in [0.3, 0.4) is 0 Å². The summed E-state index contributed by atoms with van der Waals surface area (Å²) in [5.41, 5.74) is 4.81. The molecule has 2 amide bonds. The lowest BCUT2D eigenvalue weighted by Gasteiger charge is -2.22. The van der Waals surface area contributed by atoms with Crippen LogP contribution in [-0.4, -0.2) is 34.6 Å². The van der Waals surface area contributed by atoms with E-state index in [0.29, 0.717) is 11.5 Å². The maximum absolute atomic E-state index is 12.1. The van der Waals surface area contributed by atoms with E-state index < -0.39 is 0 Å². The molecule has 2 aromatic rings. The molecule has 26 heavy (non-hydrogen) atoms. The third-order valence-electron chi connectivity index (χ3n) is 3.79. The molecule has 0 bridgehead atoms. The summed E-state index contributed by atoms with van der Waals surface area (Å²) in [6, 6.07) is 17.3. The van der Waals surface area contributed by atoms with Crippen molar-refractivity contribution in [1.82, 2.24) is 10.4 Å². The van der Waals surface area contributed by atoms with Crippen LogP contribution in [0.2, 0.25) is 0 Å². The SMILES string of the molecule is Cc1ccc(OCC(=O)NN2C(=O)CSC2/C=C/c2ccccc2)cc1. The first-order valence-electron chi connectivity index (χ1n) is 8.28. The van der Waals surface area contributed by atoms with Crippen LogP contribution in [0.4, 0.5) is 0 Å². The maximum Gasteiger partial charge on any atom is 0.276 e. The fourth-order valence-electron chi connectivity index (χ4n) is 2.42. The summed E-state index contributed by atoms with van der Waals surface area (Å²) < 4.78 is 5.46. The summed E-state index contributed by atoms with van der Waals surface area (Å²) in [4.78, 5) is 24.2. The standard InChI is InChI=1S/C20H20N2O3S/c1-15-7-10-17(11-8-15)25-13-18(23)21-22-19(24)14-26-20(22)12-9-16-5-3-2-4-6-16/h2-12,20H,13-14H2,1H3,(H,21,23)/b12-9+. The van der Waals surface area contributed by atoms with Gasteiger partial charge >= 0.3 is 0 Å². The second-order valence-electron chi connectivity index (χ2n) is 5.87. The monoisotopic (exact) mass is 368 g/mol. The van der Waals surface area contributed by atoms with Crippen molar-refractivity contribution < 1.29 is 14.3 Å². The topological polar surface area (TPSA) is 58.6 Å². The molecule has 1 N–H and O–H groups in total. The number of nitrogens with zero attached hydrogens (tertiary/aromatic N) is 1. The number of hydrogen-bond acceptors (Lipinski definition) is 4. The van der Waals surface area contributed by atoms with Crippen LogP contribution in [0.15, 0.2) is 60.7 Å². The highest BCUT2D eigenvalue weighted by atomic mass is 32.2. The van der Waals surface area contributed by atoms with Crippen LogP contribution in [-0.2, 0) is 9.59 Å². The predicted molar refractivity (Wildman–Crippen MR) is 103 cm³/mol. The Labute approximate surface area is 157 Å². The van der Waals surface area contributed by atoms with Crippen molar-refractivity contribution in [2.75, 3.05) is 12.4 Å². The Morgan fingerprint density at radius 2 is 1.96 bits per heavy atom. The van der Waals surface area contributed by atoms with Crippen LogP contribution >= 0.6 is 11.8 Å². The van der Waals surface area contributed by atoms with Crippen LogP contribution in [0.1, 0.15) is 11.1 Å². The lowest BCUT2D eigenvalue weighted by Crippen LogP contribution is -2.48. The Kier molecular flexibility index (Phi) is 5.96. The van der Waals surface area contributed by atoms with E-state index in [-0.39, 0.29) is 23.8 Å². The molecule has 1 aliphatic heterocycles. The third kappa shape index (κ3) is 4.89. The van der Waals surface area contributed by atoms with Gasteiger partial charge in [0.15, 0.2) is 6.61 Å². The van der Waals surface area contributed by atoms with E-state index in [2.05, 4.69) is 5.43 Å². The van der Waals surface area contributed by atoms with Gasteiger partial charge in [-0.2, -0.15) is 0 Å². The summed E-state index contributed by atoms with van der Waals surface area (Å²) in [6.45, 7) is 1.84. The second-order valence-corrected chi connectivity index (χ2v) is 6.98. The van der Waals surface area contributed by atoms with E-state index >= 15 is 0 Å². The fourth-order valence-corrected chi connectivity index (χ4v) is 3.38. The maximum atomic E-state index is 12.1. The highest BCUT2D eigenvalue weighted by Crippen LogP contribution is 2.24. The number of carbonyl (C=O) groups excluding carboxylic acids is 2. The molecule has 6 heteroatoms. The molecule has 0 aliphatic carbocycles. The van der Waals surface area contributed by atoms with Crippen LogP contribution in [0.5, 0.6) is 5.75 Å².